The van der Waals surface area contributed by atoms with Crippen molar-refractivity contribution in [2.45, 2.75) is 6.18 Å². The third-order valence-corrected chi connectivity index (χ3v) is 3.64. The number of pyridine rings is 1. The van der Waals surface area contributed by atoms with Crippen molar-refractivity contribution in [1.29, 1.82) is 0 Å². The molecule has 0 atom stereocenters. The van der Waals surface area contributed by atoms with E-state index in [2.05, 4.69) is 4.98 Å². The number of rotatable bonds is 2. The van der Waals surface area contributed by atoms with Gasteiger partial charge in [-0.25, -0.2) is 0 Å². The van der Waals surface area contributed by atoms with Gasteiger partial charge in [0.1, 0.15) is 0 Å². The lowest BCUT2D eigenvalue weighted by molar-refractivity contribution is -0.136. The van der Waals surface area contributed by atoms with Crippen molar-refractivity contribution in [3.05, 3.63) is 59.8 Å². The van der Waals surface area contributed by atoms with Gasteiger partial charge in [-0.3, -0.25) is 9.78 Å². The Morgan fingerprint density at radius 1 is 1.08 bits per heavy atom. The molecule has 0 aliphatic rings. The standard InChI is InChI=1S/C17H12F3N3O/c18-17(19,20)13-6-2-5-11-14(9-3-1-4-10(21)7-9)12(16(22)24)8-23-15(11)13/h1-8H,21H2,(H2,22,24). The van der Waals surface area contributed by atoms with Gasteiger partial charge in [-0.15, -0.1) is 0 Å². The van der Waals surface area contributed by atoms with Gasteiger partial charge in [0, 0.05) is 22.8 Å². The number of alkyl halides is 3. The number of fused-ring (bicyclic) bond motifs is 1. The van der Waals surface area contributed by atoms with Gasteiger partial charge in [0.2, 0.25) is 0 Å². The summed E-state index contributed by atoms with van der Waals surface area (Å²) in [5.41, 5.74) is 11.2. The molecule has 1 heterocycles. The SMILES string of the molecule is NC(=O)c1cnc2c(C(F)(F)F)cccc2c1-c1cccc(N)c1. The summed E-state index contributed by atoms with van der Waals surface area (Å²) in [4.78, 5) is 15.6. The Hall–Kier alpha value is -3.09. The molecular weight excluding hydrogens is 319 g/mol. The summed E-state index contributed by atoms with van der Waals surface area (Å²) < 4.78 is 39.7. The van der Waals surface area contributed by atoms with Crippen molar-refractivity contribution in [2.75, 3.05) is 5.73 Å². The highest BCUT2D eigenvalue weighted by molar-refractivity contribution is 6.08. The Morgan fingerprint density at radius 2 is 1.79 bits per heavy atom. The molecule has 0 bridgehead atoms. The zero-order valence-corrected chi connectivity index (χ0v) is 12.3. The second kappa shape index (κ2) is 5.52. The molecule has 122 valence electrons. The molecule has 0 fully saturated rings. The van der Waals surface area contributed by atoms with Crippen LogP contribution in [0.2, 0.25) is 0 Å². The fraction of sp³-hybridized carbons (Fsp3) is 0.0588. The molecule has 4 N–H and O–H groups in total. The lowest BCUT2D eigenvalue weighted by Crippen LogP contribution is -2.14. The molecule has 3 aromatic rings. The number of amides is 1. The van der Waals surface area contributed by atoms with Gasteiger partial charge >= 0.3 is 6.18 Å². The van der Waals surface area contributed by atoms with Crippen LogP contribution in [0.15, 0.2) is 48.7 Å². The normalized spacial score (nSPS) is 11.6. The molecule has 1 amide bonds. The number of hydrogen-bond donors (Lipinski definition) is 2. The summed E-state index contributed by atoms with van der Waals surface area (Å²) in [7, 11) is 0. The molecule has 4 nitrogen and oxygen atoms in total. The predicted molar refractivity (Wildman–Crippen MR) is 85.1 cm³/mol. The van der Waals surface area contributed by atoms with E-state index in [9.17, 15) is 18.0 Å². The lowest BCUT2D eigenvalue weighted by Gasteiger charge is -2.15. The van der Waals surface area contributed by atoms with Crippen LogP contribution in [0.5, 0.6) is 0 Å². The number of carbonyl (C=O) groups is 1. The Labute approximate surface area is 134 Å². The number of para-hydroxylation sites is 1. The van der Waals surface area contributed by atoms with Gasteiger partial charge in [-0.2, -0.15) is 13.2 Å². The highest BCUT2D eigenvalue weighted by Crippen LogP contribution is 2.38. The first-order valence-electron chi connectivity index (χ1n) is 6.93. The molecule has 7 heteroatoms. The Balaban J connectivity index is 2.45. The molecule has 0 unspecified atom stereocenters. The van der Waals surface area contributed by atoms with Crippen LogP contribution < -0.4 is 11.5 Å². The van der Waals surface area contributed by atoms with Crippen molar-refractivity contribution >= 4 is 22.5 Å². The smallest absolute Gasteiger partial charge is 0.399 e. The number of hydrogen-bond acceptors (Lipinski definition) is 3. The van der Waals surface area contributed by atoms with Crippen molar-refractivity contribution in [3.63, 3.8) is 0 Å². The number of nitrogen functional groups attached to an aromatic ring is 1. The van der Waals surface area contributed by atoms with Gasteiger partial charge in [-0.1, -0.05) is 24.3 Å². The summed E-state index contributed by atoms with van der Waals surface area (Å²) in [5, 5.41) is 0.187. The van der Waals surface area contributed by atoms with E-state index in [4.69, 9.17) is 11.5 Å². The van der Waals surface area contributed by atoms with E-state index >= 15 is 0 Å². The van der Waals surface area contributed by atoms with Crippen LogP contribution in [-0.2, 0) is 6.18 Å². The average Bonchev–Trinajstić information content (AvgIpc) is 2.52. The summed E-state index contributed by atoms with van der Waals surface area (Å²) in [5.74, 6) is -0.778. The molecule has 1 aromatic heterocycles. The highest BCUT2D eigenvalue weighted by atomic mass is 19.4. The minimum Gasteiger partial charge on any atom is -0.399 e. The minimum absolute atomic E-state index is 0.0347. The first-order chi connectivity index (χ1) is 11.3. The van der Waals surface area contributed by atoms with Crippen molar-refractivity contribution < 1.29 is 18.0 Å². The van der Waals surface area contributed by atoms with Crippen LogP contribution in [0, 0.1) is 0 Å². The number of nitrogens with two attached hydrogens (primary N) is 2. The van der Waals surface area contributed by atoms with Gasteiger partial charge in [0.05, 0.1) is 16.6 Å². The fourth-order valence-electron chi connectivity index (χ4n) is 2.64. The Morgan fingerprint density at radius 3 is 2.42 bits per heavy atom. The van der Waals surface area contributed by atoms with E-state index in [0.29, 0.717) is 11.3 Å². The topological polar surface area (TPSA) is 82.0 Å². The third kappa shape index (κ3) is 2.64. The molecule has 3 rings (SSSR count). The van der Waals surface area contributed by atoms with E-state index in [1.807, 2.05) is 0 Å². The number of nitrogens with zero attached hydrogens (tertiary/aromatic N) is 1. The maximum Gasteiger partial charge on any atom is 0.418 e. The van der Waals surface area contributed by atoms with Crippen LogP contribution >= 0.6 is 0 Å². The molecule has 0 saturated heterocycles. The largest absolute Gasteiger partial charge is 0.418 e. The highest BCUT2D eigenvalue weighted by Gasteiger charge is 2.33. The van der Waals surface area contributed by atoms with Crippen LogP contribution in [0.3, 0.4) is 0 Å². The summed E-state index contributed by atoms with van der Waals surface area (Å²) >= 11 is 0. The van der Waals surface area contributed by atoms with Crippen LogP contribution in [-0.4, -0.2) is 10.9 Å². The number of aromatic nitrogens is 1. The average molecular weight is 331 g/mol. The van der Waals surface area contributed by atoms with Crippen LogP contribution in [0.4, 0.5) is 18.9 Å². The quantitative estimate of drug-likeness (QED) is 0.704. The minimum atomic E-state index is -4.56. The number of primary amides is 1. The predicted octanol–water partition coefficient (Wildman–Crippen LogP) is 3.60. The molecule has 0 spiro atoms. The molecule has 0 aliphatic carbocycles. The Bertz CT molecular complexity index is 951. The number of benzene rings is 2. The zero-order valence-electron chi connectivity index (χ0n) is 12.3. The molecule has 2 aromatic carbocycles. The summed E-state index contributed by atoms with van der Waals surface area (Å²) in [6, 6.07) is 10.2. The number of carbonyl (C=O) groups excluding carboxylic acids is 1. The van der Waals surface area contributed by atoms with Crippen LogP contribution in [0.1, 0.15) is 15.9 Å². The maximum atomic E-state index is 13.2. The summed E-state index contributed by atoms with van der Waals surface area (Å²) in [6.45, 7) is 0. The van der Waals surface area contributed by atoms with Gasteiger partial charge < -0.3 is 11.5 Å². The number of halogens is 3. The van der Waals surface area contributed by atoms with Gasteiger partial charge in [0.15, 0.2) is 0 Å². The van der Waals surface area contributed by atoms with E-state index in [-0.39, 0.29) is 22.0 Å². The first-order valence-corrected chi connectivity index (χ1v) is 6.93. The van der Waals surface area contributed by atoms with E-state index < -0.39 is 17.6 Å². The third-order valence-electron chi connectivity index (χ3n) is 3.64. The molecule has 0 saturated carbocycles. The van der Waals surface area contributed by atoms with E-state index in [1.54, 1.807) is 24.3 Å². The molecule has 0 aliphatic heterocycles. The first kappa shape index (κ1) is 15.8. The van der Waals surface area contributed by atoms with Crippen molar-refractivity contribution in [2.24, 2.45) is 5.73 Å². The van der Waals surface area contributed by atoms with Crippen molar-refractivity contribution in [3.8, 4) is 11.1 Å². The van der Waals surface area contributed by atoms with Crippen LogP contribution in [0.25, 0.3) is 22.0 Å². The molecule has 0 radical (unpaired) electrons. The zero-order chi connectivity index (χ0) is 17.5. The molecular formula is C17H12F3N3O. The number of anilines is 1. The second-order valence-electron chi connectivity index (χ2n) is 5.24. The van der Waals surface area contributed by atoms with Gasteiger partial charge in [-0.05, 0) is 23.8 Å². The lowest BCUT2D eigenvalue weighted by atomic mass is 9.94. The Kier molecular flexibility index (Phi) is 3.63. The van der Waals surface area contributed by atoms with E-state index in [1.165, 1.54) is 12.1 Å². The second-order valence-corrected chi connectivity index (χ2v) is 5.24. The fourth-order valence-corrected chi connectivity index (χ4v) is 2.64. The van der Waals surface area contributed by atoms with Gasteiger partial charge in [0.25, 0.3) is 5.91 Å². The molecule has 24 heavy (non-hydrogen) atoms. The monoisotopic (exact) mass is 331 g/mol. The van der Waals surface area contributed by atoms with Crippen molar-refractivity contribution in [1.82, 2.24) is 4.98 Å². The summed E-state index contributed by atoms with van der Waals surface area (Å²) in [6.07, 6.45) is -3.49. The van der Waals surface area contributed by atoms with E-state index in [0.717, 1.165) is 12.3 Å². The maximum absolute atomic E-state index is 13.2.